The van der Waals surface area contributed by atoms with Gasteiger partial charge in [0, 0.05) is 49.7 Å². The molecule has 0 unspecified atom stereocenters. The van der Waals surface area contributed by atoms with Crippen LogP contribution in [0.15, 0.2) is 24.3 Å². The average molecular weight is 367 g/mol. The highest BCUT2D eigenvalue weighted by Gasteiger charge is 2.19. The van der Waals surface area contributed by atoms with Gasteiger partial charge in [-0.25, -0.2) is 0 Å². The fourth-order valence-corrected chi connectivity index (χ4v) is 2.54. The molecule has 1 aromatic rings. The molecule has 25 heavy (non-hydrogen) atoms. The zero-order chi connectivity index (χ0) is 18.2. The number of piperazine rings is 1. The van der Waals surface area contributed by atoms with Gasteiger partial charge in [0.2, 0.25) is 17.7 Å². The summed E-state index contributed by atoms with van der Waals surface area (Å²) in [6, 6.07) is 6.73. The summed E-state index contributed by atoms with van der Waals surface area (Å²) in [7, 11) is 2.01. The van der Waals surface area contributed by atoms with E-state index in [0.29, 0.717) is 23.8 Å². The van der Waals surface area contributed by atoms with Crippen LogP contribution in [0.2, 0.25) is 5.02 Å². The molecule has 1 aliphatic rings. The fraction of sp³-hybridized carbons (Fsp3) is 0.471. The van der Waals surface area contributed by atoms with E-state index in [2.05, 4.69) is 15.5 Å². The largest absolute Gasteiger partial charge is 0.347 e. The molecule has 0 atom stereocenters. The zero-order valence-electron chi connectivity index (χ0n) is 14.3. The minimum absolute atomic E-state index is 0.0264. The van der Waals surface area contributed by atoms with Gasteiger partial charge in [-0.05, 0) is 31.3 Å². The SMILES string of the molecule is CN1CCN(C(=O)CNC(=O)CCC(=O)Nc2ccc(Cl)cc2)CC1. The predicted octanol–water partition coefficient (Wildman–Crippen LogP) is 0.949. The molecule has 7 nitrogen and oxygen atoms in total. The Labute approximate surface area is 152 Å². The lowest BCUT2D eigenvalue weighted by Crippen LogP contribution is -2.50. The first kappa shape index (κ1) is 19.2. The van der Waals surface area contributed by atoms with Crippen LogP contribution in [0.3, 0.4) is 0 Å². The van der Waals surface area contributed by atoms with Crippen molar-refractivity contribution >= 4 is 35.0 Å². The second-order valence-corrected chi connectivity index (χ2v) is 6.45. The monoisotopic (exact) mass is 366 g/mol. The number of nitrogens with zero attached hydrogens (tertiary/aromatic N) is 2. The van der Waals surface area contributed by atoms with Crippen LogP contribution < -0.4 is 10.6 Å². The molecule has 8 heteroatoms. The van der Waals surface area contributed by atoms with Gasteiger partial charge in [-0.15, -0.1) is 0 Å². The van der Waals surface area contributed by atoms with E-state index >= 15 is 0 Å². The number of halogens is 1. The number of rotatable bonds is 6. The van der Waals surface area contributed by atoms with E-state index in [1.165, 1.54) is 0 Å². The van der Waals surface area contributed by atoms with Crippen LogP contribution in [0.1, 0.15) is 12.8 Å². The van der Waals surface area contributed by atoms with Crippen molar-refractivity contribution in [2.24, 2.45) is 0 Å². The average Bonchev–Trinajstić information content (AvgIpc) is 2.60. The molecule has 0 bridgehead atoms. The first-order chi connectivity index (χ1) is 11.9. The van der Waals surface area contributed by atoms with Gasteiger partial charge < -0.3 is 20.4 Å². The summed E-state index contributed by atoms with van der Waals surface area (Å²) in [4.78, 5) is 39.5. The van der Waals surface area contributed by atoms with E-state index in [-0.39, 0.29) is 37.1 Å². The van der Waals surface area contributed by atoms with Crippen LogP contribution in [0, 0.1) is 0 Å². The van der Waals surface area contributed by atoms with Crippen molar-refractivity contribution in [3.63, 3.8) is 0 Å². The molecule has 0 aromatic heterocycles. The molecule has 0 saturated carbocycles. The summed E-state index contributed by atoms with van der Waals surface area (Å²) >= 11 is 5.78. The molecule has 0 spiro atoms. The van der Waals surface area contributed by atoms with Gasteiger partial charge in [-0.3, -0.25) is 14.4 Å². The van der Waals surface area contributed by atoms with E-state index in [4.69, 9.17) is 11.6 Å². The zero-order valence-corrected chi connectivity index (χ0v) is 15.0. The molecule has 3 amide bonds. The molecule has 1 fully saturated rings. The molecule has 0 aliphatic carbocycles. The number of nitrogens with one attached hydrogen (secondary N) is 2. The van der Waals surface area contributed by atoms with Crippen LogP contribution in [0.4, 0.5) is 5.69 Å². The second-order valence-electron chi connectivity index (χ2n) is 6.02. The van der Waals surface area contributed by atoms with Gasteiger partial charge >= 0.3 is 0 Å². The summed E-state index contributed by atoms with van der Waals surface area (Å²) < 4.78 is 0. The minimum atomic E-state index is -0.311. The van der Waals surface area contributed by atoms with Crippen molar-refractivity contribution in [1.29, 1.82) is 0 Å². The van der Waals surface area contributed by atoms with E-state index in [0.717, 1.165) is 13.1 Å². The predicted molar refractivity (Wildman–Crippen MR) is 96.4 cm³/mol. The van der Waals surface area contributed by atoms with Crippen molar-refractivity contribution in [2.75, 3.05) is 45.1 Å². The summed E-state index contributed by atoms with van der Waals surface area (Å²) in [6.45, 7) is 3.00. The molecule has 1 saturated heterocycles. The Morgan fingerprint density at radius 3 is 2.24 bits per heavy atom. The molecular formula is C17H23ClN4O3. The third kappa shape index (κ3) is 6.72. The normalized spacial score (nSPS) is 14.9. The van der Waals surface area contributed by atoms with Crippen LogP contribution in [-0.4, -0.2) is 67.3 Å². The van der Waals surface area contributed by atoms with Crippen molar-refractivity contribution in [1.82, 2.24) is 15.1 Å². The molecule has 2 N–H and O–H groups in total. The lowest BCUT2D eigenvalue weighted by atomic mass is 10.2. The number of amides is 3. The summed E-state index contributed by atoms with van der Waals surface area (Å²) in [5.74, 6) is -0.663. The minimum Gasteiger partial charge on any atom is -0.347 e. The lowest BCUT2D eigenvalue weighted by Gasteiger charge is -2.32. The van der Waals surface area contributed by atoms with Crippen LogP contribution in [-0.2, 0) is 14.4 Å². The van der Waals surface area contributed by atoms with Gasteiger partial charge in [0.1, 0.15) is 0 Å². The van der Waals surface area contributed by atoms with Crippen LogP contribution in [0.5, 0.6) is 0 Å². The second kappa shape index (κ2) is 9.39. The van der Waals surface area contributed by atoms with Crippen LogP contribution >= 0.6 is 11.6 Å². The number of hydrogen-bond acceptors (Lipinski definition) is 4. The first-order valence-electron chi connectivity index (χ1n) is 8.22. The maximum Gasteiger partial charge on any atom is 0.242 e. The maximum atomic E-state index is 12.0. The summed E-state index contributed by atoms with van der Waals surface area (Å²) in [5.41, 5.74) is 0.625. The number of anilines is 1. The highest BCUT2D eigenvalue weighted by molar-refractivity contribution is 6.30. The summed E-state index contributed by atoms with van der Waals surface area (Å²) in [6.07, 6.45) is 0.0899. The lowest BCUT2D eigenvalue weighted by molar-refractivity contribution is -0.134. The third-order valence-corrected chi connectivity index (χ3v) is 4.25. The highest BCUT2D eigenvalue weighted by atomic mass is 35.5. The summed E-state index contributed by atoms with van der Waals surface area (Å²) in [5, 5.41) is 5.85. The van der Waals surface area contributed by atoms with Gasteiger partial charge in [0.15, 0.2) is 0 Å². The van der Waals surface area contributed by atoms with Crippen LogP contribution in [0.25, 0.3) is 0 Å². The highest BCUT2D eigenvalue weighted by Crippen LogP contribution is 2.13. The maximum absolute atomic E-state index is 12.0. The molecule has 0 radical (unpaired) electrons. The molecule has 1 heterocycles. The fourth-order valence-electron chi connectivity index (χ4n) is 2.41. The van der Waals surface area contributed by atoms with Gasteiger partial charge in [0.25, 0.3) is 0 Å². The van der Waals surface area contributed by atoms with E-state index in [1.54, 1.807) is 29.2 Å². The molecule has 1 aromatic carbocycles. The van der Waals surface area contributed by atoms with Crippen molar-refractivity contribution in [3.8, 4) is 0 Å². The molecule has 2 rings (SSSR count). The Morgan fingerprint density at radius 2 is 1.60 bits per heavy atom. The quantitative estimate of drug-likeness (QED) is 0.785. The molecule has 136 valence electrons. The number of carbonyl (C=O) groups excluding carboxylic acids is 3. The Kier molecular flexibility index (Phi) is 7.21. The van der Waals surface area contributed by atoms with Gasteiger partial charge in [-0.2, -0.15) is 0 Å². The third-order valence-electron chi connectivity index (χ3n) is 4.00. The molecule has 1 aliphatic heterocycles. The van der Waals surface area contributed by atoms with Crippen molar-refractivity contribution in [3.05, 3.63) is 29.3 Å². The number of hydrogen-bond donors (Lipinski definition) is 2. The van der Waals surface area contributed by atoms with Gasteiger partial charge in [0.05, 0.1) is 6.54 Å². The van der Waals surface area contributed by atoms with E-state index < -0.39 is 0 Å². The Bertz CT molecular complexity index is 613. The molecular weight excluding hydrogens is 344 g/mol. The topological polar surface area (TPSA) is 81.8 Å². The van der Waals surface area contributed by atoms with Crippen molar-refractivity contribution in [2.45, 2.75) is 12.8 Å². The van der Waals surface area contributed by atoms with E-state index in [1.807, 2.05) is 7.05 Å². The smallest absolute Gasteiger partial charge is 0.242 e. The van der Waals surface area contributed by atoms with E-state index in [9.17, 15) is 14.4 Å². The number of likely N-dealkylation sites (N-methyl/N-ethyl adjacent to an activating group) is 1. The first-order valence-corrected chi connectivity index (χ1v) is 8.60. The Balaban J connectivity index is 1.64. The Morgan fingerprint density at radius 1 is 1.00 bits per heavy atom. The Hall–Kier alpha value is -2.12. The standard InChI is InChI=1S/C17H23ClN4O3/c1-21-8-10-22(11-9-21)17(25)12-19-15(23)6-7-16(24)20-14-4-2-13(18)3-5-14/h2-5H,6-12H2,1H3,(H,19,23)(H,20,24). The number of carbonyl (C=O) groups is 3. The van der Waals surface area contributed by atoms with Crippen molar-refractivity contribution < 1.29 is 14.4 Å². The van der Waals surface area contributed by atoms with Gasteiger partial charge in [-0.1, -0.05) is 11.6 Å². The number of benzene rings is 1.